The summed E-state index contributed by atoms with van der Waals surface area (Å²) >= 11 is 0. The van der Waals surface area contributed by atoms with Gasteiger partial charge in [-0.15, -0.1) is 0 Å². The van der Waals surface area contributed by atoms with Crippen molar-refractivity contribution in [2.45, 2.75) is 46.1 Å². The summed E-state index contributed by atoms with van der Waals surface area (Å²) < 4.78 is 0. The molecule has 15 heavy (non-hydrogen) atoms. The summed E-state index contributed by atoms with van der Waals surface area (Å²) in [6, 6.07) is 0. The maximum Gasteiger partial charge on any atom is 0.243 e. The molecule has 86 valence electrons. The maximum atomic E-state index is 12.0. The van der Waals surface area contributed by atoms with Gasteiger partial charge in [-0.2, -0.15) is 0 Å². The third-order valence-corrected chi connectivity index (χ3v) is 4.03. The lowest BCUT2D eigenvalue weighted by Crippen LogP contribution is -2.37. The lowest BCUT2D eigenvalue weighted by Gasteiger charge is -2.30. The highest BCUT2D eigenvalue weighted by atomic mass is 16.2. The Morgan fingerprint density at radius 2 is 2.07 bits per heavy atom. The molecular formula is C12H22N2O. The summed E-state index contributed by atoms with van der Waals surface area (Å²) in [4.78, 5) is 14.0. The molecule has 1 unspecified atom stereocenters. The van der Waals surface area contributed by atoms with E-state index in [0.717, 1.165) is 26.1 Å². The van der Waals surface area contributed by atoms with Gasteiger partial charge in [0.15, 0.2) is 0 Å². The van der Waals surface area contributed by atoms with Gasteiger partial charge in [-0.25, -0.2) is 0 Å². The first-order valence-corrected chi connectivity index (χ1v) is 5.90. The van der Waals surface area contributed by atoms with Crippen LogP contribution in [0.15, 0.2) is 0 Å². The summed E-state index contributed by atoms with van der Waals surface area (Å²) in [5.74, 6) is 0.871. The number of nitrogens with one attached hydrogen (secondary N) is 1. The minimum absolute atomic E-state index is 0.127. The number of rotatable bonds is 2. The van der Waals surface area contributed by atoms with Gasteiger partial charge >= 0.3 is 0 Å². The van der Waals surface area contributed by atoms with Crippen molar-refractivity contribution in [1.29, 1.82) is 0 Å². The molecule has 3 nitrogen and oxygen atoms in total. The van der Waals surface area contributed by atoms with Crippen molar-refractivity contribution in [3.05, 3.63) is 0 Å². The van der Waals surface area contributed by atoms with Crippen LogP contribution < -0.4 is 5.32 Å². The van der Waals surface area contributed by atoms with Crippen molar-refractivity contribution < 1.29 is 4.79 Å². The van der Waals surface area contributed by atoms with E-state index in [1.165, 1.54) is 0 Å². The first-order valence-electron chi connectivity index (χ1n) is 5.90. The van der Waals surface area contributed by atoms with E-state index < -0.39 is 0 Å². The first kappa shape index (κ1) is 10.9. The standard InChI is InChI=1S/C12H22N2O/c1-9(11(2,3)4)7-14-8-13-12(5-6-12)10(14)15/h9,13H,5-8H2,1-4H3. The molecule has 1 saturated heterocycles. The quantitative estimate of drug-likeness (QED) is 0.750. The molecule has 1 amide bonds. The summed E-state index contributed by atoms with van der Waals surface area (Å²) in [7, 11) is 0. The normalized spacial score (nSPS) is 26.1. The maximum absolute atomic E-state index is 12.0. The minimum atomic E-state index is -0.127. The van der Waals surface area contributed by atoms with Gasteiger partial charge in [-0.1, -0.05) is 27.7 Å². The second kappa shape index (κ2) is 3.21. The molecule has 3 heteroatoms. The van der Waals surface area contributed by atoms with Crippen molar-refractivity contribution in [2.24, 2.45) is 11.3 Å². The van der Waals surface area contributed by atoms with Gasteiger partial charge < -0.3 is 4.90 Å². The molecule has 2 rings (SSSR count). The lowest BCUT2D eigenvalue weighted by atomic mass is 9.82. The largest absolute Gasteiger partial charge is 0.328 e. The van der Waals surface area contributed by atoms with Crippen LogP contribution in [-0.2, 0) is 4.79 Å². The lowest BCUT2D eigenvalue weighted by molar-refractivity contribution is -0.130. The highest BCUT2D eigenvalue weighted by Gasteiger charge is 2.55. The fraction of sp³-hybridized carbons (Fsp3) is 0.917. The predicted molar refractivity (Wildman–Crippen MR) is 60.3 cm³/mol. The Bertz CT molecular complexity index is 276. The molecule has 1 N–H and O–H groups in total. The van der Waals surface area contributed by atoms with E-state index in [4.69, 9.17) is 0 Å². The van der Waals surface area contributed by atoms with Gasteiger partial charge in [0, 0.05) is 6.54 Å². The smallest absolute Gasteiger partial charge is 0.243 e. The Labute approximate surface area is 92.2 Å². The molecule has 2 aliphatic rings. The zero-order valence-electron chi connectivity index (χ0n) is 10.3. The number of amides is 1. The van der Waals surface area contributed by atoms with Crippen LogP contribution in [-0.4, -0.2) is 29.6 Å². The molecule has 2 fully saturated rings. The monoisotopic (exact) mass is 210 g/mol. The zero-order valence-corrected chi connectivity index (χ0v) is 10.3. The Kier molecular flexibility index (Phi) is 2.34. The Balaban J connectivity index is 1.94. The number of hydrogen-bond donors (Lipinski definition) is 1. The molecule has 0 aromatic carbocycles. The summed E-state index contributed by atoms with van der Waals surface area (Å²) in [5.41, 5.74) is 0.150. The van der Waals surface area contributed by atoms with E-state index in [1.54, 1.807) is 0 Å². The fourth-order valence-electron chi connectivity index (χ4n) is 1.96. The third kappa shape index (κ3) is 1.89. The Hall–Kier alpha value is -0.570. The highest BCUT2D eigenvalue weighted by Crippen LogP contribution is 2.40. The van der Waals surface area contributed by atoms with Crippen molar-refractivity contribution >= 4 is 5.91 Å². The van der Waals surface area contributed by atoms with Crippen LogP contribution in [0.4, 0.5) is 0 Å². The third-order valence-electron chi connectivity index (χ3n) is 4.03. The van der Waals surface area contributed by atoms with E-state index in [0.29, 0.717) is 11.8 Å². The van der Waals surface area contributed by atoms with E-state index in [1.807, 2.05) is 4.90 Å². The number of hydrogen-bond acceptors (Lipinski definition) is 2. The summed E-state index contributed by atoms with van der Waals surface area (Å²) in [6.45, 7) is 10.6. The minimum Gasteiger partial charge on any atom is -0.328 e. The van der Waals surface area contributed by atoms with Gasteiger partial charge in [0.25, 0.3) is 0 Å². The summed E-state index contributed by atoms with van der Waals surface area (Å²) in [5, 5.41) is 3.34. The van der Waals surface area contributed by atoms with Gasteiger partial charge in [0.2, 0.25) is 5.91 Å². The van der Waals surface area contributed by atoms with Gasteiger partial charge in [0.05, 0.1) is 12.2 Å². The molecule has 1 aliphatic heterocycles. The van der Waals surface area contributed by atoms with Gasteiger partial charge in [0.1, 0.15) is 0 Å². The van der Waals surface area contributed by atoms with Crippen LogP contribution in [0.5, 0.6) is 0 Å². The highest BCUT2D eigenvalue weighted by molar-refractivity contribution is 5.91. The van der Waals surface area contributed by atoms with Crippen molar-refractivity contribution in [2.75, 3.05) is 13.2 Å². The average Bonchev–Trinajstić information content (AvgIpc) is 2.84. The van der Waals surface area contributed by atoms with Crippen molar-refractivity contribution in [1.82, 2.24) is 10.2 Å². The number of nitrogens with zero attached hydrogens (tertiary/aromatic N) is 1. The molecule has 1 spiro atoms. The molecule has 1 saturated carbocycles. The van der Waals surface area contributed by atoms with E-state index >= 15 is 0 Å². The molecule has 1 heterocycles. The zero-order chi connectivity index (χ0) is 11.3. The Morgan fingerprint density at radius 3 is 2.47 bits per heavy atom. The molecule has 0 radical (unpaired) electrons. The van der Waals surface area contributed by atoms with Crippen molar-refractivity contribution in [3.8, 4) is 0 Å². The second-order valence-electron chi connectivity index (χ2n) is 6.21. The predicted octanol–water partition coefficient (Wildman–Crippen LogP) is 1.59. The van der Waals surface area contributed by atoms with Gasteiger partial charge in [-0.3, -0.25) is 10.1 Å². The average molecular weight is 210 g/mol. The Morgan fingerprint density at radius 1 is 1.47 bits per heavy atom. The van der Waals surface area contributed by atoms with Crippen LogP contribution in [0.1, 0.15) is 40.5 Å². The molecule has 1 atom stereocenters. The van der Waals surface area contributed by atoms with E-state index in [2.05, 4.69) is 33.0 Å². The van der Waals surface area contributed by atoms with Crippen LogP contribution in [0.3, 0.4) is 0 Å². The fourth-order valence-corrected chi connectivity index (χ4v) is 1.96. The molecule has 0 aromatic rings. The van der Waals surface area contributed by atoms with Gasteiger partial charge in [-0.05, 0) is 24.2 Å². The SMILES string of the molecule is CC(CN1CNC2(CC2)C1=O)C(C)(C)C. The van der Waals surface area contributed by atoms with Crippen LogP contribution >= 0.6 is 0 Å². The number of carbonyl (C=O) groups is 1. The van der Waals surface area contributed by atoms with Crippen LogP contribution in [0, 0.1) is 11.3 Å². The number of carbonyl (C=O) groups excluding carboxylic acids is 1. The molecule has 0 bridgehead atoms. The molecule has 0 aromatic heterocycles. The van der Waals surface area contributed by atoms with E-state index in [-0.39, 0.29) is 11.0 Å². The van der Waals surface area contributed by atoms with Crippen LogP contribution in [0.25, 0.3) is 0 Å². The first-order chi connectivity index (χ1) is 6.85. The van der Waals surface area contributed by atoms with Crippen molar-refractivity contribution in [3.63, 3.8) is 0 Å². The van der Waals surface area contributed by atoms with Crippen LogP contribution in [0.2, 0.25) is 0 Å². The molecule has 1 aliphatic carbocycles. The van der Waals surface area contributed by atoms with E-state index in [9.17, 15) is 4.79 Å². The summed E-state index contributed by atoms with van der Waals surface area (Å²) in [6.07, 6.45) is 2.07. The molecular weight excluding hydrogens is 188 g/mol. The second-order valence-corrected chi connectivity index (χ2v) is 6.21. The topological polar surface area (TPSA) is 32.3 Å².